The molecule has 84 valence electrons. The minimum Gasteiger partial charge on any atom is -0.493 e. The van der Waals surface area contributed by atoms with Gasteiger partial charge in [-0.1, -0.05) is 12.1 Å². The zero-order valence-electron chi connectivity index (χ0n) is 9.57. The first-order valence-corrected chi connectivity index (χ1v) is 5.59. The molecule has 0 unspecified atom stereocenters. The summed E-state index contributed by atoms with van der Waals surface area (Å²) in [6.45, 7) is 2.53. The van der Waals surface area contributed by atoms with Gasteiger partial charge in [0, 0.05) is 25.9 Å². The van der Waals surface area contributed by atoms with Crippen molar-refractivity contribution in [2.24, 2.45) is 0 Å². The van der Waals surface area contributed by atoms with Crippen molar-refractivity contribution in [1.29, 1.82) is 5.26 Å². The molecule has 0 amide bonds. The molecule has 0 atom stereocenters. The highest BCUT2D eigenvalue weighted by Crippen LogP contribution is 2.26. The second-order valence-electron chi connectivity index (χ2n) is 4.19. The number of fused-ring (bicyclic) bond motifs is 1. The molecular formula is C13H16N2O. The smallest absolute Gasteiger partial charge is 0.122 e. The van der Waals surface area contributed by atoms with Crippen LogP contribution in [0.4, 0.5) is 0 Å². The van der Waals surface area contributed by atoms with Crippen LogP contribution in [0.2, 0.25) is 0 Å². The third-order valence-electron chi connectivity index (χ3n) is 2.81. The highest BCUT2D eigenvalue weighted by Gasteiger charge is 2.12. The zero-order chi connectivity index (χ0) is 11.4. The molecule has 16 heavy (non-hydrogen) atoms. The Balaban J connectivity index is 1.97. The van der Waals surface area contributed by atoms with Gasteiger partial charge < -0.3 is 9.64 Å². The molecular weight excluding hydrogens is 200 g/mol. The lowest BCUT2D eigenvalue weighted by molar-refractivity contribution is 0.334. The van der Waals surface area contributed by atoms with Crippen molar-refractivity contribution < 1.29 is 4.74 Å². The van der Waals surface area contributed by atoms with Crippen LogP contribution in [0.1, 0.15) is 17.5 Å². The molecule has 0 radical (unpaired) electrons. The number of hydrogen-bond acceptors (Lipinski definition) is 3. The average Bonchev–Trinajstić information content (AvgIpc) is 2.73. The normalized spacial score (nSPS) is 13.3. The first-order chi connectivity index (χ1) is 7.79. The van der Waals surface area contributed by atoms with Crippen LogP contribution in [-0.4, -0.2) is 25.1 Å². The summed E-state index contributed by atoms with van der Waals surface area (Å²) in [4.78, 5) is 2.17. The van der Waals surface area contributed by atoms with Crippen LogP contribution in [0.5, 0.6) is 5.75 Å². The van der Waals surface area contributed by atoms with Gasteiger partial charge in [0.15, 0.2) is 0 Å². The summed E-state index contributed by atoms with van der Waals surface area (Å²) in [6, 6.07) is 8.53. The number of nitriles is 1. The fourth-order valence-corrected chi connectivity index (χ4v) is 1.97. The van der Waals surface area contributed by atoms with Crippen LogP contribution in [0.25, 0.3) is 0 Å². The van der Waals surface area contributed by atoms with E-state index in [-0.39, 0.29) is 0 Å². The van der Waals surface area contributed by atoms with Gasteiger partial charge in [0.05, 0.1) is 12.7 Å². The van der Waals surface area contributed by atoms with Gasteiger partial charge in [0.25, 0.3) is 0 Å². The van der Waals surface area contributed by atoms with E-state index < -0.39 is 0 Å². The predicted molar refractivity (Wildman–Crippen MR) is 62.2 cm³/mol. The van der Waals surface area contributed by atoms with Crippen molar-refractivity contribution >= 4 is 0 Å². The fraction of sp³-hybridized carbons (Fsp3) is 0.462. The molecule has 1 heterocycles. The second kappa shape index (κ2) is 5.00. The predicted octanol–water partition coefficient (Wildman–Crippen LogP) is 1.97. The molecule has 0 aromatic heterocycles. The maximum atomic E-state index is 8.51. The van der Waals surface area contributed by atoms with Gasteiger partial charge in [-0.05, 0) is 24.2 Å². The molecule has 1 aliphatic rings. The third kappa shape index (κ3) is 2.53. The van der Waals surface area contributed by atoms with Gasteiger partial charge in [0.1, 0.15) is 5.75 Å². The van der Waals surface area contributed by atoms with E-state index in [4.69, 9.17) is 10.00 Å². The molecule has 0 saturated heterocycles. The van der Waals surface area contributed by atoms with Crippen molar-refractivity contribution in [3.63, 3.8) is 0 Å². The van der Waals surface area contributed by atoms with Gasteiger partial charge in [0.2, 0.25) is 0 Å². The van der Waals surface area contributed by atoms with Crippen molar-refractivity contribution in [3.05, 3.63) is 29.3 Å². The maximum absolute atomic E-state index is 8.51. The minimum atomic E-state index is 0.588. The number of nitrogens with zero attached hydrogens (tertiary/aromatic N) is 2. The van der Waals surface area contributed by atoms with Gasteiger partial charge in [-0.3, -0.25) is 0 Å². The Morgan fingerprint density at radius 2 is 2.38 bits per heavy atom. The Labute approximate surface area is 96.2 Å². The summed E-state index contributed by atoms with van der Waals surface area (Å²) >= 11 is 0. The molecule has 0 fully saturated rings. The lowest BCUT2D eigenvalue weighted by Crippen LogP contribution is -2.18. The van der Waals surface area contributed by atoms with Crippen molar-refractivity contribution in [1.82, 2.24) is 4.90 Å². The maximum Gasteiger partial charge on any atom is 0.122 e. The number of ether oxygens (including phenoxy) is 1. The largest absolute Gasteiger partial charge is 0.493 e. The highest BCUT2D eigenvalue weighted by molar-refractivity contribution is 5.39. The SMILES string of the molecule is CN(CCC#N)Cc1ccc2c(c1)CCO2. The van der Waals surface area contributed by atoms with Crippen molar-refractivity contribution in [2.45, 2.75) is 19.4 Å². The Morgan fingerprint density at radius 1 is 1.50 bits per heavy atom. The number of hydrogen-bond donors (Lipinski definition) is 0. The van der Waals surface area contributed by atoms with E-state index >= 15 is 0 Å². The topological polar surface area (TPSA) is 36.3 Å². The Kier molecular flexibility index (Phi) is 3.43. The first-order valence-electron chi connectivity index (χ1n) is 5.59. The van der Waals surface area contributed by atoms with Gasteiger partial charge in [-0.15, -0.1) is 0 Å². The quantitative estimate of drug-likeness (QED) is 0.772. The Bertz CT molecular complexity index is 409. The summed E-state index contributed by atoms with van der Waals surface area (Å²) in [5, 5.41) is 8.51. The Morgan fingerprint density at radius 3 is 3.19 bits per heavy atom. The van der Waals surface area contributed by atoms with Crippen LogP contribution < -0.4 is 4.74 Å². The third-order valence-corrected chi connectivity index (χ3v) is 2.81. The summed E-state index contributed by atoms with van der Waals surface area (Å²) < 4.78 is 5.47. The fourth-order valence-electron chi connectivity index (χ4n) is 1.97. The lowest BCUT2D eigenvalue weighted by atomic mass is 10.1. The van der Waals surface area contributed by atoms with Crippen LogP contribution in [-0.2, 0) is 13.0 Å². The molecule has 3 heteroatoms. The first kappa shape index (κ1) is 11.0. The average molecular weight is 216 g/mol. The summed E-state index contributed by atoms with van der Waals surface area (Å²) in [5.74, 6) is 1.03. The van der Waals surface area contributed by atoms with E-state index in [1.807, 2.05) is 7.05 Å². The molecule has 1 aromatic rings. The molecule has 1 aromatic carbocycles. The molecule has 2 rings (SSSR count). The monoisotopic (exact) mass is 216 g/mol. The van der Waals surface area contributed by atoms with Crippen LogP contribution in [0.15, 0.2) is 18.2 Å². The van der Waals surface area contributed by atoms with Crippen LogP contribution in [0, 0.1) is 11.3 Å². The molecule has 0 N–H and O–H groups in total. The van der Waals surface area contributed by atoms with Gasteiger partial charge in [-0.25, -0.2) is 0 Å². The van der Waals surface area contributed by atoms with Gasteiger partial charge >= 0.3 is 0 Å². The van der Waals surface area contributed by atoms with E-state index in [0.717, 1.165) is 31.9 Å². The summed E-state index contributed by atoms with van der Waals surface area (Å²) in [6.07, 6.45) is 1.61. The molecule has 0 saturated carbocycles. The minimum absolute atomic E-state index is 0.588. The van der Waals surface area contributed by atoms with Crippen molar-refractivity contribution in [3.8, 4) is 11.8 Å². The number of rotatable bonds is 4. The van der Waals surface area contributed by atoms with Gasteiger partial charge in [-0.2, -0.15) is 5.26 Å². The second-order valence-corrected chi connectivity index (χ2v) is 4.19. The zero-order valence-corrected chi connectivity index (χ0v) is 9.57. The summed E-state index contributed by atoms with van der Waals surface area (Å²) in [5.41, 5.74) is 2.61. The van der Waals surface area contributed by atoms with E-state index in [2.05, 4.69) is 29.2 Å². The Hall–Kier alpha value is -1.53. The van der Waals surface area contributed by atoms with E-state index in [9.17, 15) is 0 Å². The highest BCUT2D eigenvalue weighted by atomic mass is 16.5. The van der Waals surface area contributed by atoms with Crippen LogP contribution in [0.3, 0.4) is 0 Å². The molecule has 0 aliphatic carbocycles. The summed E-state index contributed by atoms with van der Waals surface area (Å²) in [7, 11) is 2.04. The van der Waals surface area contributed by atoms with E-state index in [1.54, 1.807) is 0 Å². The van der Waals surface area contributed by atoms with E-state index in [0.29, 0.717) is 6.42 Å². The van der Waals surface area contributed by atoms with Crippen LogP contribution >= 0.6 is 0 Å². The molecule has 3 nitrogen and oxygen atoms in total. The van der Waals surface area contributed by atoms with Crippen molar-refractivity contribution in [2.75, 3.05) is 20.2 Å². The number of benzene rings is 1. The lowest BCUT2D eigenvalue weighted by Gasteiger charge is -2.15. The standard InChI is InChI=1S/C13H16N2O/c1-15(7-2-6-14)10-11-3-4-13-12(9-11)5-8-16-13/h3-4,9H,2,5,7-8,10H2,1H3. The molecule has 1 aliphatic heterocycles. The van der Waals surface area contributed by atoms with E-state index in [1.165, 1.54) is 11.1 Å². The molecule has 0 bridgehead atoms. The molecule has 0 spiro atoms.